The van der Waals surface area contributed by atoms with Crippen LogP contribution in [0.4, 0.5) is 0 Å². The first-order valence-electron chi connectivity index (χ1n) is 30.0. The van der Waals surface area contributed by atoms with Crippen molar-refractivity contribution in [1.29, 1.82) is 0 Å². The zero-order chi connectivity index (χ0) is 47.9. The van der Waals surface area contributed by atoms with Crippen molar-refractivity contribution in [3.8, 4) is 0 Å². The van der Waals surface area contributed by atoms with E-state index in [0.717, 1.165) is 57.8 Å². The molecule has 0 unspecified atom stereocenters. The maximum atomic E-state index is 12.9. The molecule has 1 atom stereocenters. The predicted octanol–water partition coefficient (Wildman–Crippen LogP) is 19.9. The van der Waals surface area contributed by atoms with E-state index in [4.69, 9.17) is 14.2 Å². The maximum absolute atomic E-state index is 12.9. The van der Waals surface area contributed by atoms with Gasteiger partial charge in [-0.1, -0.05) is 310 Å². The van der Waals surface area contributed by atoms with Crippen LogP contribution in [0.2, 0.25) is 0 Å². The maximum Gasteiger partial charge on any atom is 0.306 e. The smallest absolute Gasteiger partial charge is 0.306 e. The Morgan fingerprint density at radius 1 is 0.242 bits per heavy atom. The Kier molecular flexibility index (Phi) is 54.7. The van der Waals surface area contributed by atoms with E-state index in [-0.39, 0.29) is 31.1 Å². The molecule has 0 N–H and O–H groups in total. The van der Waals surface area contributed by atoms with Gasteiger partial charge in [0.25, 0.3) is 0 Å². The van der Waals surface area contributed by atoms with Crippen LogP contribution in [0.3, 0.4) is 0 Å². The third-order valence-corrected chi connectivity index (χ3v) is 13.9. The van der Waals surface area contributed by atoms with Crippen LogP contribution in [0, 0.1) is 0 Å². The van der Waals surface area contributed by atoms with Crippen LogP contribution >= 0.6 is 0 Å². The number of hydrogen-bond acceptors (Lipinski definition) is 6. The van der Waals surface area contributed by atoms with Gasteiger partial charge in [0.15, 0.2) is 6.10 Å². The van der Waals surface area contributed by atoms with Gasteiger partial charge in [-0.2, -0.15) is 0 Å². The van der Waals surface area contributed by atoms with Gasteiger partial charge in [0.2, 0.25) is 0 Å². The molecule has 6 nitrogen and oxygen atoms in total. The second-order valence-electron chi connectivity index (χ2n) is 20.6. The molecule has 0 amide bonds. The number of rotatable bonds is 56. The zero-order valence-corrected chi connectivity index (χ0v) is 45.0. The first-order chi connectivity index (χ1) is 32.5. The van der Waals surface area contributed by atoms with Crippen molar-refractivity contribution in [2.75, 3.05) is 13.2 Å². The Morgan fingerprint density at radius 2 is 0.409 bits per heavy atom. The summed E-state index contributed by atoms with van der Waals surface area (Å²) in [6, 6.07) is 0. The van der Waals surface area contributed by atoms with Crippen LogP contribution in [0.1, 0.15) is 348 Å². The molecule has 0 radical (unpaired) electrons. The Balaban J connectivity index is 4.23. The summed E-state index contributed by atoms with van der Waals surface area (Å²) in [6.07, 6.45) is 62.4. The van der Waals surface area contributed by atoms with E-state index in [1.54, 1.807) is 0 Å². The fourth-order valence-electron chi connectivity index (χ4n) is 9.33. The van der Waals surface area contributed by atoms with E-state index in [2.05, 4.69) is 20.8 Å². The van der Waals surface area contributed by atoms with Gasteiger partial charge in [-0.05, 0) is 19.3 Å². The van der Waals surface area contributed by atoms with Crippen LogP contribution in [-0.2, 0) is 28.6 Å². The van der Waals surface area contributed by atoms with Gasteiger partial charge in [-0.25, -0.2) is 0 Å². The van der Waals surface area contributed by atoms with Crippen molar-refractivity contribution >= 4 is 17.9 Å². The molecule has 0 aromatic heterocycles. The minimum absolute atomic E-state index is 0.0610. The molecule has 0 aliphatic heterocycles. The number of esters is 3. The highest BCUT2D eigenvalue weighted by atomic mass is 16.6. The largest absolute Gasteiger partial charge is 0.462 e. The molecule has 66 heavy (non-hydrogen) atoms. The average molecular weight is 934 g/mol. The summed E-state index contributed by atoms with van der Waals surface area (Å²) in [7, 11) is 0. The number of ether oxygens (including phenoxy) is 3. The lowest BCUT2D eigenvalue weighted by Crippen LogP contribution is -2.30. The van der Waals surface area contributed by atoms with E-state index in [1.807, 2.05) is 0 Å². The molecule has 0 rings (SSSR count). The molecule has 0 aliphatic rings. The highest BCUT2D eigenvalue weighted by Crippen LogP contribution is 2.18. The van der Waals surface area contributed by atoms with Gasteiger partial charge in [0.05, 0.1) is 0 Å². The molecule has 0 fully saturated rings. The Labute approximate surface area is 412 Å². The normalized spacial score (nSPS) is 11.9. The fraction of sp³-hybridized carbons (Fsp3) is 0.950. The minimum Gasteiger partial charge on any atom is -0.462 e. The molecule has 0 saturated carbocycles. The second-order valence-corrected chi connectivity index (χ2v) is 20.6. The summed E-state index contributed by atoms with van der Waals surface area (Å²) in [6.45, 7) is 6.71. The summed E-state index contributed by atoms with van der Waals surface area (Å²) in [5.74, 6) is -0.831. The lowest BCUT2D eigenvalue weighted by atomic mass is 10.0. The predicted molar refractivity (Wildman–Crippen MR) is 284 cm³/mol. The SMILES string of the molecule is CCCCCCCCCCCCCCCCCCCCCC(=O)OC[C@H](COC(=O)CCCCCCCCCCCCC)OC(=O)CCCCCCCCCCCCCCCCCCCC. The molecule has 0 aromatic carbocycles. The molecule has 0 heterocycles. The highest BCUT2D eigenvalue weighted by Gasteiger charge is 2.19. The van der Waals surface area contributed by atoms with Gasteiger partial charge in [0, 0.05) is 19.3 Å². The van der Waals surface area contributed by atoms with Gasteiger partial charge in [-0.15, -0.1) is 0 Å². The van der Waals surface area contributed by atoms with E-state index in [1.165, 1.54) is 250 Å². The molecule has 6 heteroatoms. The molecular formula is C60H116O6. The fourth-order valence-corrected chi connectivity index (χ4v) is 9.33. The van der Waals surface area contributed by atoms with E-state index in [0.29, 0.717) is 19.3 Å². The van der Waals surface area contributed by atoms with Crippen LogP contribution in [0.25, 0.3) is 0 Å². The Bertz CT molecular complexity index is 982. The van der Waals surface area contributed by atoms with Gasteiger partial charge >= 0.3 is 17.9 Å². The van der Waals surface area contributed by atoms with E-state index < -0.39 is 6.10 Å². The third kappa shape index (κ3) is 53.4. The highest BCUT2D eigenvalue weighted by molar-refractivity contribution is 5.71. The van der Waals surface area contributed by atoms with E-state index >= 15 is 0 Å². The molecule has 0 saturated heterocycles. The summed E-state index contributed by atoms with van der Waals surface area (Å²) in [5.41, 5.74) is 0. The zero-order valence-electron chi connectivity index (χ0n) is 45.0. The van der Waals surface area contributed by atoms with Crippen molar-refractivity contribution < 1.29 is 28.6 Å². The minimum atomic E-state index is -0.761. The topological polar surface area (TPSA) is 78.9 Å². The van der Waals surface area contributed by atoms with Gasteiger partial charge < -0.3 is 14.2 Å². The number of carbonyl (C=O) groups excluding carboxylic acids is 3. The standard InChI is InChI=1S/C60H116O6/c1-4-7-10-13-16-19-22-24-26-28-30-32-33-35-38-41-44-47-50-53-59(62)65-56-57(55-64-58(61)52-49-46-43-40-37-21-18-15-12-9-6-3)66-60(63)54-51-48-45-42-39-36-34-31-29-27-25-23-20-17-14-11-8-5-2/h57H,4-56H2,1-3H3/t57-/m0/s1. The summed E-state index contributed by atoms with van der Waals surface area (Å²) in [5, 5.41) is 0. The van der Waals surface area contributed by atoms with Crippen molar-refractivity contribution in [2.45, 2.75) is 354 Å². The first kappa shape index (κ1) is 64.4. The Hall–Kier alpha value is -1.59. The summed E-state index contributed by atoms with van der Waals surface area (Å²) in [4.78, 5) is 38.1. The lowest BCUT2D eigenvalue weighted by Gasteiger charge is -2.18. The average Bonchev–Trinajstić information content (AvgIpc) is 3.31. The molecule has 0 aliphatic carbocycles. The van der Waals surface area contributed by atoms with Crippen LogP contribution in [-0.4, -0.2) is 37.2 Å². The van der Waals surface area contributed by atoms with Gasteiger partial charge in [0.1, 0.15) is 13.2 Å². The molecule has 0 bridgehead atoms. The third-order valence-electron chi connectivity index (χ3n) is 13.9. The van der Waals surface area contributed by atoms with Crippen molar-refractivity contribution in [3.63, 3.8) is 0 Å². The number of hydrogen-bond donors (Lipinski definition) is 0. The first-order valence-corrected chi connectivity index (χ1v) is 30.0. The Morgan fingerprint density at radius 3 is 0.606 bits per heavy atom. The number of unbranched alkanes of at least 4 members (excludes halogenated alkanes) is 45. The molecule has 0 aromatic rings. The molecular weight excluding hydrogens is 817 g/mol. The quantitative estimate of drug-likeness (QED) is 0.0343. The monoisotopic (exact) mass is 933 g/mol. The van der Waals surface area contributed by atoms with Gasteiger partial charge in [-0.3, -0.25) is 14.4 Å². The molecule has 392 valence electrons. The van der Waals surface area contributed by atoms with Crippen LogP contribution < -0.4 is 0 Å². The summed E-state index contributed by atoms with van der Waals surface area (Å²) < 4.78 is 16.9. The van der Waals surface area contributed by atoms with Crippen molar-refractivity contribution in [3.05, 3.63) is 0 Å². The number of carbonyl (C=O) groups is 3. The lowest BCUT2D eigenvalue weighted by molar-refractivity contribution is -0.167. The molecule has 0 spiro atoms. The summed E-state index contributed by atoms with van der Waals surface area (Å²) >= 11 is 0. The van der Waals surface area contributed by atoms with Crippen molar-refractivity contribution in [2.24, 2.45) is 0 Å². The van der Waals surface area contributed by atoms with Crippen LogP contribution in [0.5, 0.6) is 0 Å². The van der Waals surface area contributed by atoms with Crippen LogP contribution in [0.15, 0.2) is 0 Å². The second kappa shape index (κ2) is 56.0. The van der Waals surface area contributed by atoms with Crippen molar-refractivity contribution in [1.82, 2.24) is 0 Å². The van der Waals surface area contributed by atoms with E-state index in [9.17, 15) is 14.4 Å².